The van der Waals surface area contributed by atoms with Crippen molar-refractivity contribution in [2.24, 2.45) is 0 Å². The van der Waals surface area contributed by atoms with Gasteiger partial charge in [-0.25, -0.2) is 9.78 Å². The van der Waals surface area contributed by atoms with Crippen molar-refractivity contribution in [3.05, 3.63) is 55.3 Å². The highest BCUT2D eigenvalue weighted by molar-refractivity contribution is 6.19. The van der Waals surface area contributed by atoms with E-state index in [0.29, 0.717) is 11.4 Å². The summed E-state index contributed by atoms with van der Waals surface area (Å²) in [7, 11) is 1.49. The Bertz CT molecular complexity index is 969. The topological polar surface area (TPSA) is 125 Å². The maximum atomic E-state index is 12.9. The molecular formula is C19H19N5O5. The first-order valence-electron chi connectivity index (χ1n) is 8.74. The number of likely N-dealkylation sites (N-methyl/N-ethyl adjacent to an activating group) is 1. The Morgan fingerprint density at radius 3 is 2.79 bits per heavy atom. The van der Waals surface area contributed by atoms with E-state index in [9.17, 15) is 19.2 Å². The van der Waals surface area contributed by atoms with Crippen LogP contribution in [0.5, 0.6) is 0 Å². The molecule has 0 saturated heterocycles. The van der Waals surface area contributed by atoms with Crippen LogP contribution in [-0.4, -0.2) is 62.9 Å². The zero-order chi connectivity index (χ0) is 21.0. The van der Waals surface area contributed by atoms with Crippen molar-refractivity contribution in [2.45, 2.75) is 12.5 Å². The number of carboxylic acid groups (broad SMARTS) is 1. The minimum atomic E-state index is -1.40. The van der Waals surface area contributed by atoms with E-state index in [4.69, 9.17) is 5.11 Å². The first-order chi connectivity index (χ1) is 13.9. The molecule has 3 rings (SSSR count). The van der Waals surface area contributed by atoms with Gasteiger partial charge in [0.1, 0.15) is 0 Å². The van der Waals surface area contributed by atoms with E-state index in [1.165, 1.54) is 24.2 Å². The number of rotatable bonds is 6. The molecule has 10 heteroatoms. The molecule has 1 aromatic heterocycles. The smallest absolute Gasteiger partial charge is 0.323 e. The standard InChI is InChI=1S/C19H19N5O5/c1-22-9-6-15(25)17(18(22)28)24(19(29)21-7-5-16(26)27)14-4-2-3-13(11-14)23-10-8-20-12-23/h2-4,6,8-12,17H,5,7H2,1H3,(H,21,29)(H,26,27). The van der Waals surface area contributed by atoms with E-state index in [0.717, 1.165) is 4.90 Å². The molecule has 3 amide bonds. The number of ketones is 1. The average Bonchev–Trinajstić information content (AvgIpc) is 3.23. The van der Waals surface area contributed by atoms with Gasteiger partial charge in [-0.2, -0.15) is 0 Å². The fourth-order valence-corrected chi connectivity index (χ4v) is 2.86. The van der Waals surface area contributed by atoms with Crippen LogP contribution in [0.15, 0.2) is 55.3 Å². The highest BCUT2D eigenvalue weighted by Crippen LogP contribution is 2.24. The van der Waals surface area contributed by atoms with E-state index in [-0.39, 0.29) is 13.0 Å². The summed E-state index contributed by atoms with van der Waals surface area (Å²) in [4.78, 5) is 55.1. The Kier molecular flexibility index (Phi) is 5.72. The monoisotopic (exact) mass is 397 g/mol. The molecule has 2 N–H and O–H groups in total. The molecule has 2 heterocycles. The van der Waals surface area contributed by atoms with Gasteiger partial charge >= 0.3 is 12.0 Å². The van der Waals surface area contributed by atoms with Crippen LogP contribution in [0.4, 0.5) is 10.5 Å². The van der Waals surface area contributed by atoms with Crippen LogP contribution in [-0.2, 0) is 14.4 Å². The number of nitrogens with one attached hydrogen (secondary N) is 1. The summed E-state index contributed by atoms with van der Waals surface area (Å²) in [5, 5.41) is 11.3. The number of imidazole rings is 1. The highest BCUT2D eigenvalue weighted by atomic mass is 16.4. The second-order valence-electron chi connectivity index (χ2n) is 6.31. The lowest BCUT2D eigenvalue weighted by Crippen LogP contribution is -2.57. The molecule has 0 spiro atoms. The number of hydrogen-bond donors (Lipinski definition) is 2. The zero-order valence-electron chi connectivity index (χ0n) is 15.6. The minimum absolute atomic E-state index is 0.146. The first-order valence-corrected chi connectivity index (χ1v) is 8.74. The molecule has 29 heavy (non-hydrogen) atoms. The third kappa shape index (κ3) is 4.32. The molecule has 0 aliphatic carbocycles. The number of benzene rings is 1. The molecule has 10 nitrogen and oxygen atoms in total. The van der Waals surface area contributed by atoms with Crippen LogP contribution >= 0.6 is 0 Å². The summed E-state index contributed by atoms with van der Waals surface area (Å²) in [5.41, 5.74) is 0.974. The van der Waals surface area contributed by atoms with Gasteiger partial charge < -0.3 is 19.9 Å². The predicted molar refractivity (Wildman–Crippen MR) is 102 cm³/mol. The third-order valence-electron chi connectivity index (χ3n) is 4.32. The number of amides is 3. The van der Waals surface area contributed by atoms with E-state index in [1.807, 2.05) is 0 Å². The Labute approximate surface area is 166 Å². The molecule has 1 aliphatic rings. The van der Waals surface area contributed by atoms with Crippen molar-refractivity contribution in [1.82, 2.24) is 19.8 Å². The lowest BCUT2D eigenvalue weighted by atomic mass is 10.1. The largest absolute Gasteiger partial charge is 0.481 e. The fraction of sp³-hybridized carbons (Fsp3) is 0.211. The molecule has 1 aromatic carbocycles. The van der Waals surface area contributed by atoms with Crippen LogP contribution in [0, 0.1) is 0 Å². The summed E-state index contributed by atoms with van der Waals surface area (Å²) in [6.07, 6.45) is 7.15. The minimum Gasteiger partial charge on any atom is -0.481 e. The summed E-state index contributed by atoms with van der Waals surface area (Å²) in [5.74, 6) is -2.19. The predicted octanol–water partition coefficient (Wildman–Crippen LogP) is 0.786. The fourth-order valence-electron chi connectivity index (χ4n) is 2.86. The second kappa shape index (κ2) is 8.38. The number of carbonyl (C=O) groups is 4. The number of anilines is 1. The molecule has 150 valence electrons. The van der Waals surface area contributed by atoms with Crippen LogP contribution in [0.2, 0.25) is 0 Å². The van der Waals surface area contributed by atoms with Crippen molar-refractivity contribution < 1.29 is 24.3 Å². The number of hydrogen-bond acceptors (Lipinski definition) is 5. The summed E-state index contributed by atoms with van der Waals surface area (Å²) < 4.78 is 1.71. The van der Waals surface area contributed by atoms with Crippen LogP contribution in [0.3, 0.4) is 0 Å². The van der Waals surface area contributed by atoms with Crippen molar-refractivity contribution in [2.75, 3.05) is 18.5 Å². The van der Waals surface area contributed by atoms with Crippen molar-refractivity contribution >= 4 is 29.4 Å². The second-order valence-corrected chi connectivity index (χ2v) is 6.31. The molecule has 0 saturated carbocycles. The van der Waals surface area contributed by atoms with Crippen LogP contribution in [0.25, 0.3) is 5.69 Å². The molecule has 1 atom stereocenters. The maximum Gasteiger partial charge on any atom is 0.323 e. The average molecular weight is 397 g/mol. The summed E-state index contributed by atoms with van der Waals surface area (Å²) >= 11 is 0. The van der Waals surface area contributed by atoms with Gasteiger partial charge in [0, 0.05) is 49.6 Å². The van der Waals surface area contributed by atoms with Gasteiger partial charge in [0.2, 0.25) is 0 Å². The molecule has 0 bridgehead atoms. The Balaban J connectivity index is 1.99. The molecule has 1 aliphatic heterocycles. The SMILES string of the molecule is CN1C=CC(=O)C(N(C(=O)NCCC(=O)O)c2cccc(-n3ccnc3)c2)C1=O. The molecule has 1 unspecified atom stereocenters. The number of urea groups is 1. The van der Waals surface area contributed by atoms with Gasteiger partial charge in [-0.05, 0) is 18.2 Å². The van der Waals surface area contributed by atoms with Crippen LogP contribution in [0.1, 0.15) is 6.42 Å². The molecule has 0 fully saturated rings. The highest BCUT2D eigenvalue weighted by Gasteiger charge is 2.39. The van der Waals surface area contributed by atoms with Gasteiger partial charge in [0.25, 0.3) is 5.91 Å². The quantitative estimate of drug-likeness (QED) is 0.694. The van der Waals surface area contributed by atoms with Crippen molar-refractivity contribution in [3.8, 4) is 5.69 Å². The Hall–Kier alpha value is -3.95. The number of carbonyl (C=O) groups excluding carboxylic acids is 3. The first kappa shape index (κ1) is 19.8. The Morgan fingerprint density at radius 2 is 2.10 bits per heavy atom. The van der Waals surface area contributed by atoms with E-state index < -0.39 is 29.7 Å². The Morgan fingerprint density at radius 1 is 1.31 bits per heavy atom. The molecule has 0 radical (unpaired) electrons. The van der Waals surface area contributed by atoms with Gasteiger partial charge in [-0.15, -0.1) is 0 Å². The van der Waals surface area contributed by atoms with E-state index in [1.54, 1.807) is 47.6 Å². The zero-order valence-corrected chi connectivity index (χ0v) is 15.6. The van der Waals surface area contributed by atoms with Gasteiger partial charge in [0.15, 0.2) is 11.8 Å². The van der Waals surface area contributed by atoms with Crippen molar-refractivity contribution in [3.63, 3.8) is 0 Å². The normalized spacial score (nSPS) is 16.0. The molecular weight excluding hydrogens is 378 g/mol. The van der Waals surface area contributed by atoms with Crippen molar-refractivity contribution in [1.29, 1.82) is 0 Å². The number of aliphatic carboxylic acids is 1. The summed E-state index contributed by atoms with van der Waals surface area (Å²) in [6, 6.07) is 4.55. The molecule has 2 aromatic rings. The maximum absolute atomic E-state index is 12.9. The van der Waals surface area contributed by atoms with E-state index in [2.05, 4.69) is 10.3 Å². The number of aromatic nitrogens is 2. The van der Waals surface area contributed by atoms with Gasteiger partial charge in [-0.1, -0.05) is 6.07 Å². The third-order valence-corrected chi connectivity index (χ3v) is 4.32. The van der Waals surface area contributed by atoms with E-state index >= 15 is 0 Å². The van der Waals surface area contributed by atoms with Crippen LogP contribution < -0.4 is 10.2 Å². The lowest BCUT2D eigenvalue weighted by Gasteiger charge is -2.33. The number of carboxylic acids is 1. The van der Waals surface area contributed by atoms with Gasteiger partial charge in [0.05, 0.1) is 12.7 Å². The van der Waals surface area contributed by atoms with Gasteiger partial charge in [-0.3, -0.25) is 19.3 Å². The summed E-state index contributed by atoms with van der Waals surface area (Å²) in [6.45, 7) is -0.146. The lowest BCUT2D eigenvalue weighted by molar-refractivity contribution is -0.137. The number of nitrogens with zero attached hydrogens (tertiary/aromatic N) is 4.